The minimum atomic E-state index is -0.250. The van der Waals surface area contributed by atoms with Crippen molar-refractivity contribution in [1.82, 2.24) is 9.80 Å². The lowest BCUT2D eigenvalue weighted by Gasteiger charge is -2.57. The summed E-state index contributed by atoms with van der Waals surface area (Å²) in [6, 6.07) is 7.67. The highest BCUT2D eigenvalue weighted by atomic mass is 16.3. The van der Waals surface area contributed by atoms with Crippen molar-refractivity contribution in [3.63, 3.8) is 0 Å². The standard InChI is InChI=1S/C24H34N2O3.CH2O2/c1-16(2)10-11-21-19-12-18(20-7-5-9-23(28)26(20)21)14-25(15-19)24(29)13-17-6-3-4-8-22(17)27;2-1-3/h3-4,6,8,16,18-21,27H,5,7,9-15H2,1-2H3;1H,(H,2,3)/t18-,19+,20+,21+;/m1./s1. The van der Waals surface area contributed by atoms with Crippen molar-refractivity contribution in [3.05, 3.63) is 29.8 Å². The zero-order valence-corrected chi connectivity index (χ0v) is 19.2. The van der Waals surface area contributed by atoms with Crippen LogP contribution in [0.5, 0.6) is 5.75 Å². The van der Waals surface area contributed by atoms with Crippen LogP contribution >= 0.6 is 0 Å². The number of para-hydroxylation sites is 1. The Morgan fingerprint density at radius 1 is 1.22 bits per heavy atom. The number of piperidine rings is 3. The van der Waals surface area contributed by atoms with Gasteiger partial charge in [-0.3, -0.25) is 14.4 Å². The monoisotopic (exact) mass is 444 g/mol. The van der Waals surface area contributed by atoms with Gasteiger partial charge in [-0.25, -0.2) is 0 Å². The van der Waals surface area contributed by atoms with E-state index in [9.17, 15) is 14.7 Å². The SMILES string of the molecule is CC(C)CC[C@H]1[C@H]2C[C@H](CN(C(=O)Cc3ccccc3O)C2)[C@@H]2CCCC(=O)N21.O=CO. The van der Waals surface area contributed by atoms with E-state index in [2.05, 4.69) is 18.7 Å². The summed E-state index contributed by atoms with van der Waals surface area (Å²) in [5.74, 6) is 2.00. The predicted octanol–water partition coefficient (Wildman–Crippen LogP) is 3.30. The highest BCUT2D eigenvalue weighted by molar-refractivity contribution is 5.80. The van der Waals surface area contributed by atoms with Crippen molar-refractivity contribution in [2.24, 2.45) is 17.8 Å². The molecule has 4 atom stereocenters. The van der Waals surface area contributed by atoms with Gasteiger partial charge in [-0.1, -0.05) is 32.0 Å². The molecule has 32 heavy (non-hydrogen) atoms. The van der Waals surface area contributed by atoms with Crippen LogP contribution in [0.1, 0.15) is 57.9 Å². The van der Waals surface area contributed by atoms with Crippen molar-refractivity contribution >= 4 is 18.3 Å². The van der Waals surface area contributed by atoms with Crippen LogP contribution < -0.4 is 0 Å². The Hall–Kier alpha value is -2.57. The molecule has 0 saturated carbocycles. The molecule has 3 fully saturated rings. The van der Waals surface area contributed by atoms with Gasteiger partial charge in [0, 0.05) is 37.2 Å². The number of likely N-dealkylation sites (tertiary alicyclic amines) is 1. The summed E-state index contributed by atoms with van der Waals surface area (Å²) in [5, 5.41) is 16.9. The van der Waals surface area contributed by atoms with Crippen LogP contribution in [0.4, 0.5) is 0 Å². The van der Waals surface area contributed by atoms with Crippen LogP contribution in [0.3, 0.4) is 0 Å². The Kier molecular flexibility index (Phi) is 8.15. The average Bonchev–Trinajstić information content (AvgIpc) is 2.76. The normalized spacial score (nSPS) is 26.8. The summed E-state index contributed by atoms with van der Waals surface area (Å²) >= 11 is 0. The molecule has 2 amide bonds. The molecule has 3 heterocycles. The fourth-order valence-electron chi connectivity index (χ4n) is 5.79. The molecule has 7 nitrogen and oxygen atoms in total. The van der Waals surface area contributed by atoms with Gasteiger partial charge in [0.2, 0.25) is 11.8 Å². The molecule has 0 spiro atoms. The summed E-state index contributed by atoms with van der Waals surface area (Å²) in [7, 11) is 0. The number of nitrogens with zero attached hydrogens (tertiary/aromatic N) is 2. The Morgan fingerprint density at radius 3 is 2.59 bits per heavy atom. The third kappa shape index (κ3) is 5.43. The van der Waals surface area contributed by atoms with Gasteiger partial charge in [0.15, 0.2) is 0 Å². The second-order valence-corrected chi connectivity index (χ2v) is 9.76. The lowest BCUT2D eigenvalue weighted by molar-refractivity contribution is -0.156. The molecule has 3 saturated heterocycles. The third-order valence-corrected chi connectivity index (χ3v) is 7.22. The molecule has 0 radical (unpaired) electrons. The number of hydrogen-bond donors (Lipinski definition) is 2. The number of hydrogen-bond acceptors (Lipinski definition) is 4. The first-order chi connectivity index (χ1) is 15.3. The summed E-state index contributed by atoms with van der Waals surface area (Å²) in [4.78, 5) is 38.5. The molecule has 2 N–H and O–H groups in total. The second-order valence-electron chi connectivity index (χ2n) is 9.76. The summed E-state index contributed by atoms with van der Waals surface area (Å²) < 4.78 is 0. The Bertz CT molecular complexity index is 811. The number of carbonyl (C=O) groups excluding carboxylic acids is 2. The van der Waals surface area contributed by atoms with E-state index in [4.69, 9.17) is 9.90 Å². The maximum Gasteiger partial charge on any atom is 0.290 e. The fraction of sp³-hybridized carbons (Fsp3) is 0.640. The molecule has 0 aliphatic carbocycles. The van der Waals surface area contributed by atoms with E-state index in [0.717, 1.165) is 45.2 Å². The number of carbonyl (C=O) groups is 3. The van der Waals surface area contributed by atoms with Crippen LogP contribution in [-0.4, -0.2) is 63.5 Å². The number of aromatic hydroxyl groups is 1. The summed E-state index contributed by atoms with van der Waals surface area (Å²) in [5.41, 5.74) is 0.694. The molecule has 1 aromatic carbocycles. The smallest absolute Gasteiger partial charge is 0.290 e. The minimum Gasteiger partial charge on any atom is -0.508 e. The summed E-state index contributed by atoms with van der Waals surface area (Å²) in [6.07, 6.45) is 6.28. The number of phenolic OH excluding ortho intramolecular Hbond substituents is 1. The number of rotatable bonds is 5. The summed E-state index contributed by atoms with van der Waals surface area (Å²) in [6.45, 7) is 5.71. The molecular weight excluding hydrogens is 408 g/mol. The van der Waals surface area contributed by atoms with E-state index >= 15 is 0 Å². The van der Waals surface area contributed by atoms with E-state index in [1.807, 2.05) is 17.0 Å². The van der Waals surface area contributed by atoms with E-state index < -0.39 is 0 Å². The first kappa shape index (κ1) is 24.1. The Morgan fingerprint density at radius 2 is 1.91 bits per heavy atom. The average molecular weight is 445 g/mol. The van der Waals surface area contributed by atoms with Crippen LogP contribution in [0.15, 0.2) is 24.3 Å². The van der Waals surface area contributed by atoms with E-state index in [0.29, 0.717) is 41.7 Å². The zero-order valence-electron chi connectivity index (χ0n) is 19.2. The number of amides is 2. The second kappa shape index (κ2) is 10.8. The predicted molar refractivity (Wildman–Crippen MR) is 121 cm³/mol. The van der Waals surface area contributed by atoms with Crippen molar-refractivity contribution in [2.45, 2.75) is 70.9 Å². The maximum atomic E-state index is 13.1. The van der Waals surface area contributed by atoms with Crippen LogP contribution in [0.25, 0.3) is 0 Å². The van der Waals surface area contributed by atoms with Gasteiger partial charge < -0.3 is 20.0 Å². The lowest BCUT2D eigenvalue weighted by atomic mass is 9.70. The quantitative estimate of drug-likeness (QED) is 0.679. The van der Waals surface area contributed by atoms with Crippen molar-refractivity contribution < 1.29 is 24.6 Å². The fourth-order valence-corrected chi connectivity index (χ4v) is 5.79. The van der Waals surface area contributed by atoms with Gasteiger partial charge in [0.1, 0.15) is 5.75 Å². The van der Waals surface area contributed by atoms with E-state index in [1.54, 1.807) is 12.1 Å². The molecule has 4 rings (SSSR count). The van der Waals surface area contributed by atoms with E-state index in [-0.39, 0.29) is 30.6 Å². The maximum absolute atomic E-state index is 13.1. The van der Waals surface area contributed by atoms with Crippen molar-refractivity contribution in [3.8, 4) is 5.75 Å². The van der Waals surface area contributed by atoms with Gasteiger partial charge in [-0.2, -0.15) is 0 Å². The zero-order chi connectivity index (χ0) is 23.3. The van der Waals surface area contributed by atoms with Crippen LogP contribution in [-0.2, 0) is 20.8 Å². The molecule has 1 aromatic rings. The molecular formula is C25H36N2O5. The van der Waals surface area contributed by atoms with Gasteiger partial charge >= 0.3 is 0 Å². The Balaban J connectivity index is 0.000000913. The molecule has 176 valence electrons. The van der Waals surface area contributed by atoms with Gasteiger partial charge in [0.25, 0.3) is 6.47 Å². The molecule has 0 aromatic heterocycles. The van der Waals surface area contributed by atoms with Crippen LogP contribution in [0, 0.1) is 17.8 Å². The largest absolute Gasteiger partial charge is 0.508 e. The first-order valence-corrected chi connectivity index (χ1v) is 11.8. The molecule has 0 unspecified atom stereocenters. The number of carboxylic acid groups (broad SMARTS) is 1. The van der Waals surface area contributed by atoms with Crippen LogP contribution in [0.2, 0.25) is 0 Å². The third-order valence-electron chi connectivity index (χ3n) is 7.22. The van der Waals surface area contributed by atoms with E-state index in [1.165, 1.54) is 0 Å². The van der Waals surface area contributed by atoms with Crippen molar-refractivity contribution in [1.29, 1.82) is 0 Å². The molecule has 3 aliphatic heterocycles. The van der Waals surface area contributed by atoms with Crippen molar-refractivity contribution in [2.75, 3.05) is 13.1 Å². The number of fused-ring (bicyclic) bond motifs is 4. The number of benzene rings is 1. The van der Waals surface area contributed by atoms with Gasteiger partial charge in [-0.15, -0.1) is 0 Å². The lowest BCUT2D eigenvalue weighted by Crippen LogP contribution is -2.65. The number of phenols is 1. The minimum absolute atomic E-state index is 0.0967. The highest BCUT2D eigenvalue weighted by Gasteiger charge is 2.49. The van der Waals surface area contributed by atoms with Gasteiger partial charge in [0.05, 0.1) is 6.42 Å². The first-order valence-electron chi connectivity index (χ1n) is 11.8. The highest BCUT2D eigenvalue weighted by Crippen LogP contribution is 2.43. The molecule has 3 aliphatic rings. The molecule has 2 bridgehead atoms. The van der Waals surface area contributed by atoms with Gasteiger partial charge in [-0.05, 0) is 55.9 Å². The Labute approximate surface area is 190 Å². The topological polar surface area (TPSA) is 98.2 Å². The molecule has 7 heteroatoms.